The maximum Gasteiger partial charge on any atom is 0.425 e. The number of benzene rings is 4. The second-order valence-corrected chi connectivity index (χ2v) is 14.3. The first-order chi connectivity index (χ1) is 20.0. The number of hydrogen-bond acceptors (Lipinski definition) is 4. The number of halogens is 6. The number of hydrogen-bond donors (Lipinski definition) is 0. The van der Waals surface area contributed by atoms with Gasteiger partial charge in [-0.15, -0.1) is 45.3 Å². The topological polar surface area (TPSA) is 0 Å². The Morgan fingerprint density at radius 1 is 0.381 bits per heavy atom. The molecule has 42 heavy (non-hydrogen) atoms. The molecule has 8 rings (SSSR count). The number of thiophene rings is 4. The van der Waals surface area contributed by atoms with Gasteiger partial charge in [0, 0.05) is 50.1 Å². The lowest BCUT2D eigenvalue weighted by Gasteiger charge is -2.04. The highest BCUT2D eigenvalue weighted by Crippen LogP contribution is 2.46. The summed E-state index contributed by atoms with van der Waals surface area (Å²) in [7, 11) is 0. The Labute approximate surface area is 249 Å². The zero-order valence-electron chi connectivity index (χ0n) is 21.0. The molecule has 0 aliphatic heterocycles. The highest BCUT2D eigenvalue weighted by Gasteiger charge is 2.34. The molecule has 8 aromatic rings. The van der Waals surface area contributed by atoms with E-state index in [1.54, 1.807) is 34.8 Å². The van der Waals surface area contributed by atoms with Crippen LogP contribution < -0.4 is 0 Å². The van der Waals surface area contributed by atoms with Crippen molar-refractivity contribution in [2.75, 3.05) is 0 Å². The predicted molar refractivity (Wildman–Crippen MR) is 166 cm³/mol. The Kier molecular flexibility index (Phi) is 5.64. The van der Waals surface area contributed by atoms with E-state index >= 15 is 0 Å². The molecule has 0 nitrogen and oxygen atoms in total. The fraction of sp³-hybridized carbons (Fsp3) is 0.0625. The monoisotopic (exact) mass is 640 g/mol. The molecular formula is C32H14F6S4. The van der Waals surface area contributed by atoms with Crippen molar-refractivity contribution in [3.63, 3.8) is 0 Å². The van der Waals surface area contributed by atoms with E-state index in [-0.39, 0.29) is 0 Å². The van der Waals surface area contributed by atoms with Gasteiger partial charge in [-0.1, -0.05) is 24.3 Å². The third-order valence-electron chi connectivity index (χ3n) is 7.36. The Hall–Kier alpha value is -3.44. The first-order valence-corrected chi connectivity index (χ1v) is 15.9. The van der Waals surface area contributed by atoms with Gasteiger partial charge in [0.1, 0.15) is 9.75 Å². The van der Waals surface area contributed by atoms with Gasteiger partial charge >= 0.3 is 12.4 Å². The SMILES string of the molecule is FC(F)(F)c1cc2c(ccc3sc(-c4ccc5cc(-c6cc7c(ccc8sc(C(F)(F)F)cc87)s6)ccc5c4)cc32)s1. The maximum absolute atomic E-state index is 13.3. The Balaban J connectivity index is 1.17. The lowest BCUT2D eigenvalue weighted by molar-refractivity contribution is -0.135. The van der Waals surface area contributed by atoms with Gasteiger partial charge < -0.3 is 0 Å². The summed E-state index contributed by atoms with van der Waals surface area (Å²) in [5.41, 5.74) is 1.97. The third-order valence-corrected chi connectivity index (χ3v) is 12.0. The average molecular weight is 641 g/mol. The molecule has 0 N–H and O–H groups in total. The summed E-state index contributed by atoms with van der Waals surface area (Å²) >= 11 is 4.63. The van der Waals surface area contributed by atoms with Crippen LogP contribution in [0.15, 0.2) is 84.9 Å². The van der Waals surface area contributed by atoms with Crippen LogP contribution in [0.3, 0.4) is 0 Å². The Bertz CT molecular complexity index is 2180. The van der Waals surface area contributed by atoms with Crippen molar-refractivity contribution in [3.05, 3.63) is 94.7 Å². The summed E-state index contributed by atoms with van der Waals surface area (Å²) in [6.07, 6.45) is -8.73. The van der Waals surface area contributed by atoms with E-state index in [0.29, 0.717) is 20.2 Å². The van der Waals surface area contributed by atoms with E-state index < -0.39 is 22.1 Å². The molecule has 4 aromatic heterocycles. The summed E-state index contributed by atoms with van der Waals surface area (Å²) < 4.78 is 83.0. The molecule has 0 aliphatic rings. The van der Waals surface area contributed by atoms with Crippen molar-refractivity contribution in [2.45, 2.75) is 12.4 Å². The zero-order valence-corrected chi connectivity index (χ0v) is 24.2. The van der Waals surface area contributed by atoms with E-state index in [2.05, 4.69) is 12.1 Å². The van der Waals surface area contributed by atoms with Gasteiger partial charge in [-0.25, -0.2) is 0 Å². The number of rotatable bonds is 2. The molecule has 208 valence electrons. The number of fused-ring (bicyclic) bond motifs is 7. The van der Waals surface area contributed by atoms with Gasteiger partial charge in [-0.3, -0.25) is 0 Å². The minimum Gasteiger partial charge on any atom is -0.165 e. The van der Waals surface area contributed by atoms with Crippen molar-refractivity contribution < 1.29 is 26.3 Å². The van der Waals surface area contributed by atoms with Crippen LogP contribution in [0.25, 0.3) is 72.0 Å². The molecule has 10 heteroatoms. The van der Waals surface area contributed by atoms with Crippen molar-refractivity contribution >= 4 is 96.5 Å². The van der Waals surface area contributed by atoms with Crippen molar-refractivity contribution in [2.24, 2.45) is 0 Å². The predicted octanol–water partition coefficient (Wildman–Crippen LogP) is 13.1. The highest BCUT2D eigenvalue weighted by molar-refractivity contribution is 7.23. The molecular weight excluding hydrogens is 627 g/mol. The summed E-state index contributed by atoms with van der Waals surface area (Å²) in [6, 6.07) is 25.9. The molecule has 0 spiro atoms. The minimum atomic E-state index is -4.37. The van der Waals surface area contributed by atoms with Crippen molar-refractivity contribution in [1.82, 2.24) is 0 Å². The summed E-state index contributed by atoms with van der Waals surface area (Å²) in [4.78, 5) is 0.767. The van der Waals surface area contributed by atoms with Gasteiger partial charge in [0.2, 0.25) is 0 Å². The molecule has 0 unspecified atom stereocenters. The van der Waals surface area contributed by atoms with Crippen LogP contribution in [-0.4, -0.2) is 0 Å². The Morgan fingerprint density at radius 2 is 0.738 bits per heavy atom. The van der Waals surface area contributed by atoms with Crippen LogP contribution >= 0.6 is 45.3 Å². The van der Waals surface area contributed by atoms with Crippen molar-refractivity contribution in [3.8, 4) is 20.9 Å². The van der Waals surface area contributed by atoms with Gasteiger partial charge in [0.25, 0.3) is 0 Å². The average Bonchev–Trinajstić information content (AvgIpc) is 3.73. The first-order valence-electron chi connectivity index (χ1n) is 12.6. The highest BCUT2D eigenvalue weighted by atomic mass is 32.1. The molecule has 0 bridgehead atoms. The van der Waals surface area contributed by atoms with E-state index in [4.69, 9.17) is 0 Å². The standard InChI is InChI=1S/C32H14F6S4/c33-31(34,35)29-13-21-19-11-27(39-23(19)5-7-25(21)41-29)17-3-1-15-9-18(4-2-16(15)10-17)28-12-20-22-14-30(32(36,37)38)42-26(22)8-6-24(20)40-28/h1-14H. The largest absolute Gasteiger partial charge is 0.425 e. The minimum absolute atomic E-state index is 0.594. The van der Waals surface area contributed by atoms with Crippen molar-refractivity contribution in [1.29, 1.82) is 0 Å². The lowest BCUT2D eigenvalue weighted by Crippen LogP contribution is -2.00. The summed E-state index contributed by atoms with van der Waals surface area (Å²) in [6.45, 7) is 0. The molecule has 0 saturated carbocycles. The fourth-order valence-corrected chi connectivity index (χ4v) is 9.41. The quantitative estimate of drug-likeness (QED) is 0.165. The van der Waals surface area contributed by atoms with Gasteiger partial charge in [-0.2, -0.15) is 26.3 Å². The van der Waals surface area contributed by atoms with E-state index in [0.717, 1.165) is 74.5 Å². The first kappa shape index (κ1) is 26.2. The van der Waals surface area contributed by atoms with Crippen LogP contribution in [0.1, 0.15) is 9.75 Å². The van der Waals surface area contributed by atoms with Crippen LogP contribution in [0, 0.1) is 0 Å². The molecule has 0 radical (unpaired) electrons. The third kappa shape index (κ3) is 4.23. The van der Waals surface area contributed by atoms with Gasteiger partial charge in [0.05, 0.1) is 0 Å². The number of alkyl halides is 6. The van der Waals surface area contributed by atoms with E-state index in [1.165, 1.54) is 12.1 Å². The molecule has 0 amide bonds. The summed E-state index contributed by atoms with van der Waals surface area (Å²) in [5, 5.41) is 4.92. The molecule has 0 atom stereocenters. The Morgan fingerprint density at radius 3 is 1.12 bits per heavy atom. The van der Waals surface area contributed by atoms with Crippen LogP contribution in [0.4, 0.5) is 26.3 Å². The van der Waals surface area contributed by atoms with Gasteiger partial charge in [-0.05, 0) is 82.6 Å². The smallest absolute Gasteiger partial charge is 0.165 e. The maximum atomic E-state index is 13.3. The molecule has 0 aliphatic carbocycles. The van der Waals surface area contributed by atoms with Crippen LogP contribution in [0.5, 0.6) is 0 Å². The summed E-state index contributed by atoms with van der Waals surface area (Å²) in [5.74, 6) is 0. The van der Waals surface area contributed by atoms with E-state index in [1.807, 2.05) is 48.5 Å². The zero-order chi connectivity index (χ0) is 29.0. The molecule has 4 aromatic carbocycles. The fourth-order valence-electron chi connectivity index (χ4n) is 5.38. The normalized spacial score (nSPS) is 13.0. The van der Waals surface area contributed by atoms with E-state index in [9.17, 15) is 26.3 Å². The van der Waals surface area contributed by atoms with Crippen LogP contribution in [-0.2, 0) is 12.4 Å². The van der Waals surface area contributed by atoms with Crippen LogP contribution in [0.2, 0.25) is 0 Å². The molecule has 0 fully saturated rings. The second kappa shape index (κ2) is 9.03. The lowest BCUT2D eigenvalue weighted by atomic mass is 10.0. The second-order valence-electron chi connectivity index (χ2n) is 9.99. The molecule has 0 saturated heterocycles. The molecule has 4 heterocycles. The van der Waals surface area contributed by atoms with Gasteiger partial charge in [0.15, 0.2) is 0 Å².